The molecule has 0 bridgehead atoms. The molecule has 0 saturated carbocycles. The van der Waals surface area contributed by atoms with E-state index in [4.69, 9.17) is 10.1 Å². The minimum atomic E-state index is 0. The number of unbranched alkanes of at least 4 members (excludes halogenated alkanes) is 11. The molecular formula is C17H36BrNO. The standard InChI is InChI=1S/C17H35NO.BrH/c1-2-3-4-5-6-7-8-9-10-11-12-13-16-19-17-14-15-18;/h15,18H,2-14,16-17H2,1H3;1H. The molecule has 0 unspecified atom stereocenters. The van der Waals surface area contributed by atoms with E-state index in [0.29, 0.717) is 0 Å². The first-order valence-corrected chi connectivity index (χ1v) is 8.53. The molecule has 0 radical (unpaired) electrons. The summed E-state index contributed by atoms with van der Waals surface area (Å²) in [7, 11) is 0. The first kappa shape index (κ1) is 22.4. The Morgan fingerprint density at radius 3 is 1.60 bits per heavy atom. The molecule has 0 amide bonds. The minimum absolute atomic E-state index is 0. The van der Waals surface area contributed by atoms with Crippen molar-refractivity contribution in [3.8, 4) is 0 Å². The van der Waals surface area contributed by atoms with Gasteiger partial charge in [-0.3, -0.25) is 5.41 Å². The molecule has 0 atom stereocenters. The van der Waals surface area contributed by atoms with Crippen LogP contribution < -0.4 is 22.4 Å². The van der Waals surface area contributed by atoms with Crippen LogP contribution in [0.3, 0.4) is 0 Å². The van der Waals surface area contributed by atoms with Crippen molar-refractivity contribution in [2.45, 2.75) is 90.4 Å². The molecule has 0 aliphatic carbocycles. The van der Waals surface area contributed by atoms with E-state index in [-0.39, 0.29) is 17.0 Å². The summed E-state index contributed by atoms with van der Waals surface area (Å²) in [4.78, 5) is 0. The Balaban J connectivity index is 0. The average Bonchev–Trinajstić information content (AvgIpc) is 2.43. The summed E-state index contributed by atoms with van der Waals surface area (Å²) >= 11 is 0. The van der Waals surface area contributed by atoms with Gasteiger partial charge >= 0.3 is 0 Å². The fourth-order valence-corrected chi connectivity index (χ4v) is 2.30. The summed E-state index contributed by atoms with van der Waals surface area (Å²) in [6.07, 6.45) is 19.3. The van der Waals surface area contributed by atoms with E-state index in [0.717, 1.165) is 19.6 Å². The molecule has 20 heavy (non-hydrogen) atoms. The van der Waals surface area contributed by atoms with E-state index in [1.165, 1.54) is 77.0 Å². The SMILES string of the molecule is CCCCCCCCCCCCCCOCCC=[NH2+].[Br-]. The maximum Gasteiger partial charge on any atom is 0.138 e. The highest BCUT2D eigenvalue weighted by molar-refractivity contribution is 5.49. The van der Waals surface area contributed by atoms with Gasteiger partial charge in [0.15, 0.2) is 0 Å². The van der Waals surface area contributed by atoms with Crippen LogP contribution in [0.4, 0.5) is 0 Å². The number of nitrogens with two attached hydrogens (primary N) is 1. The molecule has 3 heteroatoms. The maximum absolute atomic E-state index is 5.45. The first-order valence-electron chi connectivity index (χ1n) is 8.53. The van der Waals surface area contributed by atoms with E-state index in [9.17, 15) is 0 Å². The van der Waals surface area contributed by atoms with E-state index in [1.807, 2.05) is 0 Å². The van der Waals surface area contributed by atoms with Crippen molar-refractivity contribution in [1.29, 1.82) is 0 Å². The molecule has 122 valence electrons. The summed E-state index contributed by atoms with van der Waals surface area (Å²) in [5.74, 6) is 0. The quantitative estimate of drug-likeness (QED) is 0.326. The molecule has 0 heterocycles. The van der Waals surface area contributed by atoms with Gasteiger partial charge in [-0.15, -0.1) is 0 Å². The maximum atomic E-state index is 5.45. The zero-order chi connectivity index (χ0) is 14.0. The van der Waals surface area contributed by atoms with Crippen molar-refractivity contribution >= 4 is 6.21 Å². The molecule has 0 aromatic rings. The average molecular weight is 350 g/mol. The lowest BCUT2D eigenvalue weighted by Crippen LogP contribution is -3.00. The Morgan fingerprint density at radius 1 is 0.700 bits per heavy atom. The highest BCUT2D eigenvalue weighted by Gasteiger charge is 1.93. The molecular weight excluding hydrogens is 314 g/mol. The number of hydrogen-bond acceptors (Lipinski definition) is 1. The van der Waals surface area contributed by atoms with E-state index in [1.54, 1.807) is 6.21 Å². The molecule has 0 rings (SSSR count). The summed E-state index contributed by atoms with van der Waals surface area (Å²) in [6.45, 7) is 3.97. The van der Waals surface area contributed by atoms with Gasteiger partial charge in [-0.25, -0.2) is 0 Å². The van der Waals surface area contributed by atoms with E-state index < -0.39 is 0 Å². The predicted octanol–water partition coefficient (Wildman–Crippen LogP) is 0.928. The summed E-state index contributed by atoms with van der Waals surface area (Å²) in [5.41, 5.74) is 0. The Labute approximate surface area is 137 Å². The molecule has 2 N–H and O–H groups in total. The van der Waals surface area contributed by atoms with Crippen molar-refractivity contribution in [2.24, 2.45) is 0 Å². The zero-order valence-electron chi connectivity index (χ0n) is 13.5. The van der Waals surface area contributed by atoms with Gasteiger partial charge in [-0.2, -0.15) is 0 Å². The smallest absolute Gasteiger partial charge is 0.138 e. The number of ether oxygens (including phenoxy) is 1. The van der Waals surface area contributed by atoms with E-state index >= 15 is 0 Å². The van der Waals surface area contributed by atoms with Gasteiger partial charge in [-0.05, 0) is 6.42 Å². The molecule has 0 fully saturated rings. The lowest BCUT2D eigenvalue weighted by atomic mass is 10.1. The van der Waals surface area contributed by atoms with Crippen molar-refractivity contribution in [1.82, 2.24) is 0 Å². The molecule has 0 aliphatic rings. The van der Waals surface area contributed by atoms with Gasteiger partial charge in [-0.1, -0.05) is 77.6 Å². The summed E-state index contributed by atoms with van der Waals surface area (Å²) < 4.78 is 5.45. The fourth-order valence-electron chi connectivity index (χ4n) is 2.30. The zero-order valence-corrected chi connectivity index (χ0v) is 15.1. The van der Waals surface area contributed by atoms with Crippen LogP contribution in [-0.4, -0.2) is 19.4 Å². The molecule has 0 saturated heterocycles. The molecule has 0 aliphatic heterocycles. The normalized spacial score (nSPS) is 10.2. The lowest BCUT2D eigenvalue weighted by molar-refractivity contribution is -0.108. The highest BCUT2D eigenvalue weighted by Crippen LogP contribution is 2.11. The van der Waals surface area contributed by atoms with Gasteiger partial charge in [0.2, 0.25) is 0 Å². The molecule has 0 aromatic heterocycles. The Kier molecular flexibility index (Phi) is 24.0. The van der Waals surface area contributed by atoms with Crippen LogP contribution in [0.25, 0.3) is 0 Å². The van der Waals surface area contributed by atoms with Gasteiger partial charge < -0.3 is 21.7 Å². The van der Waals surface area contributed by atoms with Crippen molar-refractivity contribution < 1.29 is 27.1 Å². The predicted molar refractivity (Wildman–Crippen MR) is 84.5 cm³/mol. The van der Waals surface area contributed by atoms with Crippen LogP contribution in [0.1, 0.15) is 90.4 Å². The highest BCUT2D eigenvalue weighted by atomic mass is 79.9. The van der Waals surface area contributed by atoms with Crippen molar-refractivity contribution in [2.75, 3.05) is 13.2 Å². The monoisotopic (exact) mass is 349 g/mol. The summed E-state index contributed by atoms with van der Waals surface area (Å²) in [5, 5.41) is 5.28. The minimum Gasteiger partial charge on any atom is -1.00 e. The van der Waals surface area contributed by atoms with E-state index in [2.05, 4.69) is 6.92 Å². The molecule has 0 aromatic carbocycles. The van der Waals surface area contributed by atoms with Crippen LogP contribution >= 0.6 is 0 Å². The van der Waals surface area contributed by atoms with Gasteiger partial charge in [0.1, 0.15) is 6.21 Å². The van der Waals surface area contributed by atoms with Crippen LogP contribution in [0.5, 0.6) is 0 Å². The van der Waals surface area contributed by atoms with Crippen molar-refractivity contribution in [3.05, 3.63) is 0 Å². The first-order chi connectivity index (χ1) is 9.41. The third-order valence-corrected chi connectivity index (χ3v) is 3.57. The van der Waals surface area contributed by atoms with Crippen LogP contribution in [-0.2, 0) is 4.74 Å². The Bertz CT molecular complexity index is 176. The number of rotatable bonds is 16. The van der Waals surface area contributed by atoms with Crippen molar-refractivity contribution in [3.63, 3.8) is 0 Å². The number of halogens is 1. The second kappa shape index (κ2) is 21.4. The third-order valence-electron chi connectivity index (χ3n) is 3.57. The molecule has 2 nitrogen and oxygen atoms in total. The van der Waals surface area contributed by atoms with Crippen LogP contribution in [0.2, 0.25) is 0 Å². The van der Waals surface area contributed by atoms with Crippen LogP contribution in [0, 0.1) is 0 Å². The lowest BCUT2D eigenvalue weighted by Gasteiger charge is -2.03. The second-order valence-corrected chi connectivity index (χ2v) is 5.53. The Hall–Kier alpha value is 0.110. The van der Waals surface area contributed by atoms with Crippen LogP contribution in [0.15, 0.2) is 0 Å². The third kappa shape index (κ3) is 20.4. The number of hydrogen-bond donors (Lipinski definition) is 1. The largest absolute Gasteiger partial charge is 1.00 e. The Morgan fingerprint density at radius 2 is 1.15 bits per heavy atom. The fraction of sp³-hybridized carbons (Fsp3) is 0.941. The van der Waals surface area contributed by atoms with Gasteiger partial charge in [0, 0.05) is 13.0 Å². The second-order valence-electron chi connectivity index (χ2n) is 5.53. The topological polar surface area (TPSA) is 34.8 Å². The molecule has 0 spiro atoms. The summed E-state index contributed by atoms with van der Waals surface area (Å²) in [6, 6.07) is 0. The van der Waals surface area contributed by atoms with Gasteiger partial charge in [0.25, 0.3) is 0 Å². The van der Waals surface area contributed by atoms with Gasteiger partial charge in [0.05, 0.1) is 6.61 Å².